The summed E-state index contributed by atoms with van der Waals surface area (Å²) in [5.74, 6) is -0.110. The number of methoxy groups -OCH3 is 1. The van der Waals surface area contributed by atoms with Crippen LogP contribution in [0.2, 0.25) is 0 Å². The number of hydrogen-bond donors (Lipinski definition) is 3. The SMILES string of the molecule is CC=C1CN2C3CC1C(CO)(C(=O)OC)C2Cc1c3[nH]c2ccc(O)cc12. The number of aliphatic hydroxyl groups excluding tert-OH is 1. The van der Waals surface area contributed by atoms with Crippen LogP contribution in [0.4, 0.5) is 0 Å². The van der Waals surface area contributed by atoms with Gasteiger partial charge < -0.3 is 19.9 Å². The zero-order chi connectivity index (χ0) is 18.9. The Hall–Kier alpha value is -2.31. The van der Waals surface area contributed by atoms with Crippen molar-refractivity contribution in [3.8, 4) is 5.75 Å². The van der Waals surface area contributed by atoms with Gasteiger partial charge in [-0.05, 0) is 43.5 Å². The Morgan fingerprint density at radius 3 is 3.00 bits per heavy atom. The fourth-order valence-corrected chi connectivity index (χ4v) is 5.92. The lowest BCUT2D eigenvalue weighted by atomic mass is 9.55. The number of allylic oxidation sites excluding steroid dienone is 1. The minimum Gasteiger partial charge on any atom is -0.508 e. The fraction of sp³-hybridized carbons (Fsp3) is 0.476. The second-order valence-corrected chi connectivity index (χ2v) is 8.00. The zero-order valence-electron chi connectivity index (χ0n) is 15.5. The van der Waals surface area contributed by atoms with Gasteiger partial charge in [-0.15, -0.1) is 0 Å². The Balaban J connectivity index is 1.73. The molecular weight excluding hydrogens is 344 g/mol. The lowest BCUT2D eigenvalue weighted by Gasteiger charge is -2.62. The maximum atomic E-state index is 13.0. The number of piperidine rings is 3. The van der Waals surface area contributed by atoms with Gasteiger partial charge in [-0.25, -0.2) is 0 Å². The first-order valence-electron chi connectivity index (χ1n) is 9.48. The highest BCUT2D eigenvalue weighted by atomic mass is 16.5. The summed E-state index contributed by atoms with van der Waals surface area (Å²) in [6, 6.07) is 5.45. The Morgan fingerprint density at radius 1 is 1.48 bits per heavy atom. The largest absolute Gasteiger partial charge is 0.508 e. The summed E-state index contributed by atoms with van der Waals surface area (Å²) in [6.45, 7) is 2.59. The van der Waals surface area contributed by atoms with Crippen LogP contribution in [0.15, 0.2) is 29.8 Å². The van der Waals surface area contributed by atoms with Crippen LogP contribution in [0.1, 0.15) is 30.6 Å². The molecule has 1 aromatic carbocycles. The van der Waals surface area contributed by atoms with E-state index in [-0.39, 0.29) is 36.3 Å². The summed E-state index contributed by atoms with van der Waals surface area (Å²) in [6.07, 6.45) is 3.51. The van der Waals surface area contributed by atoms with Crippen LogP contribution in [0, 0.1) is 11.3 Å². The van der Waals surface area contributed by atoms with Gasteiger partial charge in [0, 0.05) is 35.1 Å². The van der Waals surface area contributed by atoms with Crippen molar-refractivity contribution in [2.45, 2.75) is 31.8 Å². The third-order valence-corrected chi connectivity index (χ3v) is 7.14. The molecule has 0 aliphatic carbocycles. The quantitative estimate of drug-likeness (QED) is 0.559. The number of esters is 1. The van der Waals surface area contributed by atoms with Gasteiger partial charge in [0.2, 0.25) is 0 Å². The van der Waals surface area contributed by atoms with E-state index in [0.29, 0.717) is 6.42 Å². The van der Waals surface area contributed by atoms with Gasteiger partial charge in [-0.1, -0.05) is 11.6 Å². The molecule has 2 aromatic rings. The topological polar surface area (TPSA) is 85.8 Å². The molecule has 0 saturated carbocycles. The molecular formula is C21H24N2O4. The first-order valence-corrected chi connectivity index (χ1v) is 9.48. The number of ether oxygens (including phenoxy) is 1. The molecule has 0 radical (unpaired) electrons. The number of aliphatic hydroxyl groups is 1. The normalized spacial score (nSPS) is 35.4. The minimum atomic E-state index is -0.941. The number of aromatic nitrogens is 1. The van der Waals surface area contributed by atoms with Gasteiger partial charge in [-0.3, -0.25) is 9.69 Å². The Kier molecular flexibility index (Phi) is 3.49. The number of phenolic OH excluding ortho intramolecular Hbond substituents is 1. The van der Waals surface area contributed by atoms with E-state index in [9.17, 15) is 15.0 Å². The molecule has 142 valence electrons. The average Bonchev–Trinajstić information content (AvgIpc) is 3.05. The fourth-order valence-electron chi connectivity index (χ4n) is 5.92. The molecule has 27 heavy (non-hydrogen) atoms. The second-order valence-electron chi connectivity index (χ2n) is 8.00. The predicted octanol–water partition coefficient (Wildman–Crippen LogP) is 2.27. The first-order chi connectivity index (χ1) is 13.0. The highest BCUT2D eigenvalue weighted by Crippen LogP contribution is 2.59. The molecule has 4 bridgehead atoms. The van der Waals surface area contributed by atoms with E-state index in [1.165, 1.54) is 18.4 Å². The van der Waals surface area contributed by atoms with Crippen molar-refractivity contribution in [2.75, 3.05) is 20.3 Å². The molecule has 3 saturated heterocycles. The van der Waals surface area contributed by atoms with Gasteiger partial charge in [0.25, 0.3) is 0 Å². The van der Waals surface area contributed by atoms with E-state index < -0.39 is 5.41 Å². The highest BCUT2D eigenvalue weighted by Gasteiger charge is 2.64. The van der Waals surface area contributed by atoms with Crippen molar-refractivity contribution in [1.82, 2.24) is 9.88 Å². The summed E-state index contributed by atoms with van der Waals surface area (Å²) in [4.78, 5) is 18.9. The van der Waals surface area contributed by atoms with Crippen molar-refractivity contribution in [2.24, 2.45) is 11.3 Å². The van der Waals surface area contributed by atoms with Crippen LogP contribution in [0.5, 0.6) is 5.75 Å². The molecule has 0 amide bonds. The number of aromatic hydroxyl groups is 1. The van der Waals surface area contributed by atoms with Gasteiger partial charge in [0.1, 0.15) is 11.2 Å². The number of carbonyl (C=O) groups is 1. The van der Waals surface area contributed by atoms with Gasteiger partial charge >= 0.3 is 5.97 Å². The average molecular weight is 368 g/mol. The summed E-state index contributed by atoms with van der Waals surface area (Å²) < 4.78 is 5.20. The van der Waals surface area contributed by atoms with Gasteiger partial charge in [-0.2, -0.15) is 0 Å². The van der Waals surface area contributed by atoms with Crippen molar-refractivity contribution in [3.63, 3.8) is 0 Å². The Labute approximate surface area is 157 Å². The van der Waals surface area contributed by atoms with Crippen molar-refractivity contribution < 1.29 is 19.7 Å². The molecule has 3 N–H and O–H groups in total. The number of nitrogens with zero attached hydrogens (tertiary/aromatic N) is 1. The molecule has 0 spiro atoms. The number of fused-ring (bicyclic) bond motifs is 4. The minimum absolute atomic E-state index is 0.0204. The highest BCUT2D eigenvalue weighted by molar-refractivity contribution is 5.87. The molecule has 6 rings (SSSR count). The van der Waals surface area contributed by atoms with Crippen LogP contribution in [0.3, 0.4) is 0 Å². The van der Waals surface area contributed by atoms with Crippen LogP contribution in [-0.4, -0.2) is 52.4 Å². The number of benzene rings is 1. The molecule has 3 fully saturated rings. The number of phenols is 1. The van der Waals surface area contributed by atoms with E-state index in [2.05, 4.69) is 16.0 Å². The summed E-state index contributed by atoms with van der Waals surface area (Å²) in [5.41, 5.74) is 3.60. The number of rotatable bonds is 2. The van der Waals surface area contributed by atoms with Crippen LogP contribution >= 0.6 is 0 Å². The maximum absolute atomic E-state index is 13.0. The standard InChI is InChI=1S/C21H24N2O4/c1-3-11-9-23-17-8-15(11)21(10-24,20(26)27-2)18(23)7-14-13-6-12(25)4-5-16(13)22-19(14)17/h3-6,15,17-18,22,24-25H,7-10H2,1-2H3. The predicted molar refractivity (Wildman–Crippen MR) is 100 cm³/mol. The van der Waals surface area contributed by atoms with Gasteiger partial charge in [0.05, 0.1) is 19.8 Å². The van der Waals surface area contributed by atoms with Crippen LogP contribution in [-0.2, 0) is 16.0 Å². The molecule has 4 aliphatic rings. The van der Waals surface area contributed by atoms with E-state index in [0.717, 1.165) is 29.4 Å². The van der Waals surface area contributed by atoms with Crippen LogP contribution < -0.4 is 0 Å². The lowest BCUT2D eigenvalue weighted by Crippen LogP contribution is -2.69. The number of hydrogen-bond acceptors (Lipinski definition) is 5. The Morgan fingerprint density at radius 2 is 2.30 bits per heavy atom. The molecule has 5 unspecified atom stereocenters. The van der Waals surface area contributed by atoms with E-state index >= 15 is 0 Å². The van der Waals surface area contributed by atoms with E-state index in [1.807, 2.05) is 13.0 Å². The first kappa shape index (κ1) is 16.8. The van der Waals surface area contributed by atoms with E-state index in [4.69, 9.17) is 4.74 Å². The molecule has 6 heteroatoms. The number of carbonyl (C=O) groups excluding carboxylic acids is 1. The summed E-state index contributed by atoms with van der Waals surface area (Å²) in [5, 5.41) is 21.4. The summed E-state index contributed by atoms with van der Waals surface area (Å²) >= 11 is 0. The Bertz CT molecular complexity index is 978. The van der Waals surface area contributed by atoms with Crippen LogP contribution in [0.25, 0.3) is 10.9 Å². The van der Waals surface area contributed by atoms with Crippen molar-refractivity contribution >= 4 is 16.9 Å². The summed E-state index contributed by atoms with van der Waals surface area (Å²) in [7, 11) is 1.40. The maximum Gasteiger partial charge on any atom is 0.316 e. The lowest BCUT2D eigenvalue weighted by molar-refractivity contribution is -0.183. The zero-order valence-corrected chi connectivity index (χ0v) is 15.5. The molecule has 1 aromatic heterocycles. The third kappa shape index (κ3) is 1.95. The van der Waals surface area contributed by atoms with Gasteiger partial charge in [0.15, 0.2) is 0 Å². The molecule has 5 heterocycles. The smallest absolute Gasteiger partial charge is 0.316 e. The monoisotopic (exact) mass is 368 g/mol. The molecule has 6 nitrogen and oxygen atoms in total. The van der Waals surface area contributed by atoms with E-state index in [1.54, 1.807) is 12.1 Å². The van der Waals surface area contributed by atoms with Crippen molar-refractivity contribution in [1.29, 1.82) is 0 Å². The second kappa shape index (κ2) is 5.59. The number of nitrogens with one attached hydrogen (secondary N) is 1. The number of aromatic amines is 1. The molecule has 4 aliphatic heterocycles. The third-order valence-electron chi connectivity index (χ3n) is 7.14. The molecule has 5 atom stereocenters. The van der Waals surface area contributed by atoms with Crippen molar-refractivity contribution in [3.05, 3.63) is 41.1 Å². The number of H-pyrrole nitrogens is 1.